The summed E-state index contributed by atoms with van der Waals surface area (Å²) in [6.45, 7) is 7.32. The molecule has 0 bridgehead atoms. The van der Waals surface area contributed by atoms with Gasteiger partial charge in [0.15, 0.2) is 0 Å². The van der Waals surface area contributed by atoms with Gasteiger partial charge in [0.2, 0.25) is 0 Å². The average molecular weight is 399 g/mol. The molecule has 2 nitrogen and oxygen atoms in total. The van der Waals surface area contributed by atoms with Crippen molar-refractivity contribution in [3.05, 3.63) is 94.3 Å². The lowest BCUT2D eigenvalue weighted by atomic mass is 9.85. The highest BCUT2D eigenvalue weighted by atomic mass is 35.5. The summed E-state index contributed by atoms with van der Waals surface area (Å²) >= 11 is 6.27. The zero-order valence-electron chi connectivity index (χ0n) is 16.3. The van der Waals surface area contributed by atoms with E-state index in [2.05, 4.69) is 19.9 Å². The SMILES string of the molecule is Cc1ccc(C(C)(C)COCc2cccc(Oc3ccc(F)cc3)c2)cc1Cl. The van der Waals surface area contributed by atoms with E-state index in [1.807, 2.05) is 43.3 Å². The van der Waals surface area contributed by atoms with Gasteiger partial charge in [0.25, 0.3) is 0 Å². The second-order valence-electron chi connectivity index (χ2n) is 7.54. The summed E-state index contributed by atoms with van der Waals surface area (Å²) in [5, 5.41) is 0.774. The van der Waals surface area contributed by atoms with E-state index in [-0.39, 0.29) is 11.2 Å². The predicted octanol–water partition coefficient (Wildman–Crippen LogP) is 7.07. The quantitative estimate of drug-likeness (QED) is 0.423. The molecule has 0 radical (unpaired) electrons. The molecule has 3 aromatic rings. The molecule has 4 heteroatoms. The van der Waals surface area contributed by atoms with Crippen LogP contribution in [-0.2, 0) is 16.8 Å². The highest BCUT2D eigenvalue weighted by molar-refractivity contribution is 6.31. The molecule has 0 saturated heterocycles. The number of aryl methyl sites for hydroxylation is 1. The van der Waals surface area contributed by atoms with Gasteiger partial charge in [0, 0.05) is 10.4 Å². The van der Waals surface area contributed by atoms with Crippen LogP contribution in [0, 0.1) is 12.7 Å². The van der Waals surface area contributed by atoms with Crippen molar-refractivity contribution in [3.63, 3.8) is 0 Å². The van der Waals surface area contributed by atoms with Crippen molar-refractivity contribution in [2.24, 2.45) is 0 Å². The zero-order valence-corrected chi connectivity index (χ0v) is 17.1. The minimum atomic E-state index is -0.285. The topological polar surface area (TPSA) is 18.5 Å². The van der Waals surface area contributed by atoms with E-state index < -0.39 is 0 Å². The predicted molar refractivity (Wildman–Crippen MR) is 112 cm³/mol. The number of rotatable bonds is 7. The lowest BCUT2D eigenvalue weighted by Gasteiger charge is -2.25. The van der Waals surface area contributed by atoms with E-state index in [1.54, 1.807) is 12.1 Å². The molecular weight excluding hydrogens is 375 g/mol. The summed E-state index contributed by atoms with van der Waals surface area (Å²) in [4.78, 5) is 0. The van der Waals surface area contributed by atoms with Gasteiger partial charge in [-0.3, -0.25) is 0 Å². The third kappa shape index (κ3) is 5.34. The molecule has 146 valence electrons. The molecule has 0 heterocycles. The van der Waals surface area contributed by atoms with Crippen molar-refractivity contribution >= 4 is 11.6 Å². The largest absolute Gasteiger partial charge is 0.457 e. The van der Waals surface area contributed by atoms with Gasteiger partial charge in [0.05, 0.1) is 13.2 Å². The van der Waals surface area contributed by atoms with Gasteiger partial charge in [-0.1, -0.05) is 49.7 Å². The van der Waals surface area contributed by atoms with Crippen LogP contribution in [0.15, 0.2) is 66.7 Å². The van der Waals surface area contributed by atoms with Crippen LogP contribution in [0.3, 0.4) is 0 Å². The smallest absolute Gasteiger partial charge is 0.127 e. The first-order valence-electron chi connectivity index (χ1n) is 9.20. The van der Waals surface area contributed by atoms with Gasteiger partial charge >= 0.3 is 0 Å². The molecule has 0 aliphatic heterocycles. The summed E-state index contributed by atoms with van der Waals surface area (Å²) in [6, 6.07) is 19.8. The van der Waals surface area contributed by atoms with Crippen molar-refractivity contribution in [3.8, 4) is 11.5 Å². The zero-order chi connectivity index (χ0) is 20.1. The molecule has 0 aliphatic carbocycles. The van der Waals surface area contributed by atoms with E-state index in [4.69, 9.17) is 21.1 Å². The van der Waals surface area contributed by atoms with Gasteiger partial charge < -0.3 is 9.47 Å². The Kier molecular flexibility index (Phi) is 6.38. The number of benzene rings is 3. The van der Waals surface area contributed by atoms with Crippen LogP contribution in [0.5, 0.6) is 11.5 Å². The van der Waals surface area contributed by atoms with Gasteiger partial charge in [-0.05, 0) is 66.1 Å². The first-order chi connectivity index (χ1) is 13.3. The van der Waals surface area contributed by atoms with E-state index in [9.17, 15) is 4.39 Å². The summed E-state index contributed by atoms with van der Waals surface area (Å²) in [6.07, 6.45) is 0. The fourth-order valence-electron chi connectivity index (χ4n) is 2.86. The Balaban J connectivity index is 1.59. The highest BCUT2D eigenvalue weighted by Crippen LogP contribution is 2.28. The lowest BCUT2D eigenvalue weighted by Crippen LogP contribution is -2.24. The third-order valence-electron chi connectivity index (χ3n) is 4.63. The van der Waals surface area contributed by atoms with Crippen LogP contribution in [0.25, 0.3) is 0 Å². The lowest BCUT2D eigenvalue weighted by molar-refractivity contribution is 0.0824. The maximum Gasteiger partial charge on any atom is 0.127 e. The second-order valence-corrected chi connectivity index (χ2v) is 7.95. The molecule has 0 atom stereocenters. The number of hydrogen-bond donors (Lipinski definition) is 0. The van der Waals surface area contributed by atoms with Crippen LogP contribution in [0.1, 0.15) is 30.5 Å². The summed E-state index contributed by atoms with van der Waals surface area (Å²) < 4.78 is 24.8. The molecule has 3 aromatic carbocycles. The molecule has 0 aliphatic rings. The molecule has 3 rings (SSSR count). The molecule has 0 aromatic heterocycles. The molecule has 0 unspecified atom stereocenters. The normalized spacial score (nSPS) is 11.5. The number of ether oxygens (including phenoxy) is 2. The van der Waals surface area contributed by atoms with Crippen LogP contribution >= 0.6 is 11.6 Å². The number of hydrogen-bond acceptors (Lipinski definition) is 2. The Morgan fingerprint density at radius 3 is 2.39 bits per heavy atom. The average Bonchev–Trinajstić information content (AvgIpc) is 2.66. The van der Waals surface area contributed by atoms with Crippen molar-refractivity contribution < 1.29 is 13.9 Å². The molecule has 0 amide bonds. The Bertz CT molecular complexity index is 936. The molecule has 0 N–H and O–H groups in total. The Morgan fingerprint density at radius 1 is 0.929 bits per heavy atom. The Hall–Kier alpha value is -2.36. The maximum atomic E-state index is 13.0. The van der Waals surface area contributed by atoms with Gasteiger partial charge in [0.1, 0.15) is 17.3 Å². The molecule has 0 spiro atoms. The van der Waals surface area contributed by atoms with Crippen LogP contribution < -0.4 is 4.74 Å². The fourth-order valence-corrected chi connectivity index (χ4v) is 3.04. The minimum absolute atomic E-state index is 0.153. The molecular formula is C24H24ClFO2. The minimum Gasteiger partial charge on any atom is -0.457 e. The summed E-state index contributed by atoms with van der Waals surface area (Å²) in [7, 11) is 0. The third-order valence-corrected chi connectivity index (χ3v) is 5.04. The highest BCUT2D eigenvalue weighted by Gasteiger charge is 2.21. The van der Waals surface area contributed by atoms with Gasteiger partial charge in [-0.25, -0.2) is 4.39 Å². The molecule has 28 heavy (non-hydrogen) atoms. The van der Waals surface area contributed by atoms with Crippen LogP contribution in [0.4, 0.5) is 4.39 Å². The Morgan fingerprint density at radius 2 is 1.68 bits per heavy atom. The fraction of sp³-hybridized carbons (Fsp3) is 0.250. The van der Waals surface area contributed by atoms with Crippen LogP contribution in [0.2, 0.25) is 5.02 Å². The first kappa shape index (κ1) is 20.4. The van der Waals surface area contributed by atoms with Gasteiger partial charge in [-0.15, -0.1) is 0 Å². The number of halogens is 2. The second kappa shape index (κ2) is 8.76. The van der Waals surface area contributed by atoms with Crippen molar-refractivity contribution in [1.29, 1.82) is 0 Å². The Labute approximate surface area is 170 Å². The molecule has 0 saturated carbocycles. The van der Waals surface area contributed by atoms with Crippen molar-refractivity contribution in [2.45, 2.75) is 32.8 Å². The first-order valence-corrected chi connectivity index (χ1v) is 9.58. The van der Waals surface area contributed by atoms with Crippen molar-refractivity contribution in [2.75, 3.05) is 6.61 Å². The van der Waals surface area contributed by atoms with E-state index in [0.29, 0.717) is 24.7 Å². The van der Waals surface area contributed by atoms with Gasteiger partial charge in [-0.2, -0.15) is 0 Å². The maximum absolute atomic E-state index is 13.0. The summed E-state index contributed by atoms with van der Waals surface area (Å²) in [5.41, 5.74) is 3.08. The van der Waals surface area contributed by atoms with Crippen LogP contribution in [-0.4, -0.2) is 6.61 Å². The summed E-state index contributed by atoms with van der Waals surface area (Å²) in [5.74, 6) is 1.00. The van der Waals surface area contributed by atoms with E-state index >= 15 is 0 Å². The monoisotopic (exact) mass is 398 g/mol. The van der Waals surface area contributed by atoms with E-state index in [0.717, 1.165) is 21.7 Å². The van der Waals surface area contributed by atoms with E-state index in [1.165, 1.54) is 12.1 Å². The van der Waals surface area contributed by atoms with Crippen molar-refractivity contribution in [1.82, 2.24) is 0 Å². The standard InChI is InChI=1S/C24H24ClFO2/c1-17-7-8-19(14-23(17)25)24(2,3)16-27-15-18-5-4-6-22(13-18)28-21-11-9-20(26)10-12-21/h4-14H,15-16H2,1-3H3. The molecule has 0 fully saturated rings.